The molecule has 0 fully saturated rings. The monoisotopic (exact) mass is 901 g/mol. The Bertz CT molecular complexity index is 1190. The smallest absolute Gasteiger partial charge is 0.362 e. The number of hydrogen-bond acceptors (Lipinski definition) is 6. The lowest BCUT2D eigenvalue weighted by Crippen LogP contribution is -2.50. The van der Waals surface area contributed by atoms with Crippen molar-refractivity contribution in [1.82, 2.24) is 0 Å². The van der Waals surface area contributed by atoms with Crippen LogP contribution >= 0.6 is 0 Å². The largest absolute Gasteiger partial charge is 0.477 e. The first-order valence-corrected chi connectivity index (χ1v) is 26.7. The highest BCUT2D eigenvalue weighted by Gasteiger charge is 2.31. The van der Waals surface area contributed by atoms with Gasteiger partial charge in [-0.2, -0.15) is 0 Å². The van der Waals surface area contributed by atoms with Crippen molar-refractivity contribution in [1.29, 1.82) is 0 Å². The number of esters is 2. The fourth-order valence-electron chi connectivity index (χ4n) is 7.80. The summed E-state index contributed by atoms with van der Waals surface area (Å²) in [4.78, 5) is 37.2. The normalized spacial score (nSPS) is 13.2. The maximum atomic E-state index is 12.8. The van der Waals surface area contributed by atoms with E-state index in [9.17, 15) is 19.5 Å². The molecule has 0 spiro atoms. The van der Waals surface area contributed by atoms with Gasteiger partial charge in [0, 0.05) is 19.3 Å². The summed E-state index contributed by atoms with van der Waals surface area (Å²) < 4.78 is 17.4. The molecule has 0 radical (unpaired) electrons. The van der Waals surface area contributed by atoms with Crippen LogP contribution in [0, 0.1) is 0 Å². The second-order valence-corrected chi connectivity index (χ2v) is 19.1. The van der Waals surface area contributed by atoms with E-state index in [1.54, 1.807) is 0 Å². The van der Waals surface area contributed by atoms with Gasteiger partial charge in [-0.05, 0) is 77.0 Å². The molecule has 0 amide bonds. The quantitative estimate of drug-likeness (QED) is 0.0281. The predicted octanol–water partition coefficient (Wildman–Crippen LogP) is 15.5. The summed E-state index contributed by atoms with van der Waals surface area (Å²) in [6, 6.07) is -0.619. The van der Waals surface area contributed by atoms with Crippen LogP contribution in [0.1, 0.15) is 239 Å². The van der Waals surface area contributed by atoms with Crippen molar-refractivity contribution >= 4 is 17.9 Å². The van der Waals surface area contributed by atoms with E-state index in [1.807, 2.05) is 21.1 Å². The number of carboxylic acids is 1. The van der Waals surface area contributed by atoms with Gasteiger partial charge >= 0.3 is 17.9 Å². The number of nitrogens with zero attached hydrogens (tertiary/aromatic N) is 1. The van der Waals surface area contributed by atoms with Crippen LogP contribution < -0.4 is 0 Å². The van der Waals surface area contributed by atoms with E-state index >= 15 is 0 Å². The van der Waals surface area contributed by atoms with E-state index in [1.165, 1.54) is 141 Å². The number of allylic oxidation sites excluding steroid dienone is 8. The molecule has 8 heteroatoms. The van der Waals surface area contributed by atoms with E-state index in [-0.39, 0.29) is 36.2 Å². The van der Waals surface area contributed by atoms with Gasteiger partial charge in [0.2, 0.25) is 0 Å². The Hall–Kier alpha value is -2.71. The molecule has 0 aliphatic heterocycles. The summed E-state index contributed by atoms with van der Waals surface area (Å²) in [5, 5.41) is 9.66. The molecule has 0 bridgehead atoms. The standard InChI is InChI=1S/C56H101NO7/c1-6-8-10-12-14-16-18-20-22-24-26-27-29-30-32-34-36-38-40-42-44-46-54(58)63-51-52(50-62-49-48-53(56(60)61)57(3,4)5)64-55(59)47-45-43-41-39-37-35-33-31-28-25-23-21-19-17-15-13-11-9-7-2/h15,17,21,23-24,26,28,31,52-53H,6-14,16,18-20,22,25,27,29-30,32-51H2,1-5H3/p+1/b17-15-,23-21-,26-24-,31-28-. The van der Waals surface area contributed by atoms with Crippen LogP contribution in [0.15, 0.2) is 48.6 Å². The lowest BCUT2D eigenvalue weighted by Gasteiger charge is -2.31. The number of carboxylic acid groups (broad SMARTS) is 1. The Morgan fingerprint density at radius 2 is 0.828 bits per heavy atom. The summed E-state index contributed by atoms with van der Waals surface area (Å²) in [7, 11) is 5.53. The molecule has 0 saturated carbocycles. The van der Waals surface area contributed by atoms with Gasteiger partial charge in [0.15, 0.2) is 12.1 Å². The minimum Gasteiger partial charge on any atom is -0.477 e. The topological polar surface area (TPSA) is 99.1 Å². The molecule has 0 aromatic carbocycles. The molecule has 0 rings (SSSR count). The maximum absolute atomic E-state index is 12.8. The fraction of sp³-hybridized carbons (Fsp3) is 0.804. The van der Waals surface area contributed by atoms with Crippen LogP contribution in [0.5, 0.6) is 0 Å². The third kappa shape index (κ3) is 44.5. The molecule has 0 aliphatic carbocycles. The van der Waals surface area contributed by atoms with Crippen LogP contribution in [0.3, 0.4) is 0 Å². The molecule has 2 unspecified atom stereocenters. The third-order valence-corrected chi connectivity index (χ3v) is 12.0. The second-order valence-electron chi connectivity index (χ2n) is 19.1. The van der Waals surface area contributed by atoms with Gasteiger partial charge in [-0.25, -0.2) is 4.79 Å². The molecule has 0 aromatic heterocycles. The molecule has 0 aliphatic rings. The molecular formula is C56H102NO7+. The molecule has 0 aromatic rings. The number of quaternary nitrogens is 1. The van der Waals surface area contributed by atoms with Crippen LogP contribution in [-0.2, 0) is 28.6 Å². The summed E-state index contributed by atoms with van der Waals surface area (Å²) in [5.41, 5.74) is 0. The van der Waals surface area contributed by atoms with Crippen LogP contribution in [0.25, 0.3) is 0 Å². The van der Waals surface area contributed by atoms with Crippen molar-refractivity contribution in [2.45, 2.75) is 251 Å². The van der Waals surface area contributed by atoms with E-state index in [0.29, 0.717) is 19.3 Å². The van der Waals surface area contributed by atoms with Crippen molar-refractivity contribution in [2.75, 3.05) is 41.0 Å². The summed E-state index contributed by atoms with van der Waals surface area (Å²) in [5.74, 6) is -1.48. The molecular weight excluding hydrogens is 799 g/mol. The van der Waals surface area contributed by atoms with Crippen molar-refractivity contribution in [3.05, 3.63) is 48.6 Å². The van der Waals surface area contributed by atoms with E-state index in [0.717, 1.165) is 64.2 Å². The average Bonchev–Trinajstić information content (AvgIpc) is 3.26. The van der Waals surface area contributed by atoms with Gasteiger partial charge in [-0.15, -0.1) is 0 Å². The zero-order valence-corrected chi connectivity index (χ0v) is 42.5. The number of hydrogen-bond donors (Lipinski definition) is 1. The van der Waals surface area contributed by atoms with Crippen LogP contribution in [-0.4, -0.2) is 80.6 Å². The zero-order chi connectivity index (χ0) is 47.0. The van der Waals surface area contributed by atoms with Gasteiger partial charge in [-0.3, -0.25) is 9.59 Å². The minimum absolute atomic E-state index is 0.0554. The number of unbranched alkanes of at least 4 members (excludes halogenated alkanes) is 26. The Labute approximate surface area is 395 Å². The number of carbonyl (C=O) groups is 3. The Morgan fingerprint density at radius 1 is 0.469 bits per heavy atom. The van der Waals surface area contributed by atoms with Gasteiger partial charge in [0.05, 0.1) is 34.4 Å². The lowest BCUT2D eigenvalue weighted by atomic mass is 10.1. The minimum atomic E-state index is -0.877. The Kier molecular flexibility index (Phi) is 44.8. The number of aliphatic carboxylic acids is 1. The van der Waals surface area contributed by atoms with Crippen molar-refractivity contribution in [3.8, 4) is 0 Å². The van der Waals surface area contributed by atoms with Crippen LogP contribution in [0.4, 0.5) is 0 Å². The van der Waals surface area contributed by atoms with E-state index < -0.39 is 18.1 Å². The van der Waals surface area contributed by atoms with E-state index in [2.05, 4.69) is 62.5 Å². The fourth-order valence-corrected chi connectivity index (χ4v) is 7.80. The predicted molar refractivity (Wildman–Crippen MR) is 271 cm³/mol. The van der Waals surface area contributed by atoms with Crippen molar-refractivity contribution in [3.63, 3.8) is 0 Å². The number of ether oxygens (including phenoxy) is 3. The first kappa shape index (κ1) is 61.3. The second kappa shape index (κ2) is 46.8. The first-order chi connectivity index (χ1) is 31.1. The van der Waals surface area contributed by atoms with Gasteiger partial charge in [-0.1, -0.05) is 191 Å². The highest BCUT2D eigenvalue weighted by molar-refractivity contribution is 5.72. The average molecular weight is 901 g/mol. The molecule has 64 heavy (non-hydrogen) atoms. The first-order valence-electron chi connectivity index (χ1n) is 26.7. The number of carbonyl (C=O) groups excluding carboxylic acids is 2. The lowest BCUT2D eigenvalue weighted by molar-refractivity contribution is -0.887. The highest BCUT2D eigenvalue weighted by Crippen LogP contribution is 2.15. The zero-order valence-electron chi connectivity index (χ0n) is 42.5. The number of rotatable bonds is 48. The third-order valence-electron chi connectivity index (χ3n) is 12.0. The van der Waals surface area contributed by atoms with E-state index in [4.69, 9.17) is 14.2 Å². The SMILES string of the molecule is CCCCC/C=C\C/C=C\C/C=C\CCCCCCCCC(=O)OC(COCCC(C(=O)O)[N+](C)(C)C)COC(=O)CCCCCCCCCCC/C=C\CCCCCCCCCC. The molecule has 1 N–H and O–H groups in total. The summed E-state index contributed by atoms with van der Waals surface area (Å²) in [6.45, 7) is 4.72. The molecule has 0 saturated heterocycles. The number of likely N-dealkylation sites (N-methyl/N-ethyl adjacent to an activating group) is 1. The van der Waals surface area contributed by atoms with Gasteiger partial charge in [0.25, 0.3) is 0 Å². The van der Waals surface area contributed by atoms with Crippen LogP contribution in [0.2, 0.25) is 0 Å². The maximum Gasteiger partial charge on any atom is 0.362 e. The van der Waals surface area contributed by atoms with Crippen molar-refractivity contribution in [2.24, 2.45) is 0 Å². The molecule has 2 atom stereocenters. The Balaban J connectivity index is 4.24. The Morgan fingerprint density at radius 3 is 1.27 bits per heavy atom. The molecule has 8 nitrogen and oxygen atoms in total. The van der Waals surface area contributed by atoms with Gasteiger partial charge < -0.3 is 23.8 Å². The molecule has 372 valence electrons. The summed E-state index contributed by atoms with van der Waals surface area (Å²) >= 11 is 0. The van der Waals surface area contributed by atoms with Crippen molar-refractivity contribution < 1.29 is 38.2 Å². The highest BCUT2D eigenvalue weighted by atomic mass is 16.6. The van der Waals surface area contributed by atoms with Gasteiger partial charge in [0.1, 0.15) is 6.61 Å². The summed E-state index contributed by atoms with van der Waals surface area (Å²) in [6.07, 6.45) is 57.3. The molecule has 0 heterocycles.